The molecule has 0 amide bonds. The Labute approximate surface area is 195 Å². The molecule has 168 valence electrons. The van der Waals surface area contributed by atoms with Gasteiger partial charge < -0.3 is 19.3 Å². The quantitative estimate of drug-likeness (QED) is 0.405. The second-order valence-corrected chi connectivity index (χ2v) is 7.89. The fraction of sp³-hybridized carbons (Fsp3) is 0.115. The van der Waals surface area contributed by atoms with Gasteiger partial charge >= 0.3 is 0 Å². The molecule has 1 aliphatic heterocycles. The van der Waals surface area contributed by atoms with Gasteiger partial charge in [0, 0.05) is 17.5 Å². The zero-order valence-electron chi connectivity index (χ0n) is 18.3. The van der Waals surface area contributed by atoms with Crippen molar-refractivity contribution in [2.45, 2.75) is 12.5 Å². The number of fused-ring (bicyclic) bond motifs is 4. The number of rotatable bonds is 5. The molecular weight excluding hydrogens is 432 g/mol. The average Bonchev–Trinajstić information content (AvgIpc) is 3.30. The van der Waals surface area contributed by atoms with E-state index >= 15 is 0 Å². The van der Waals surface area contributed by atoms with Gasteiger partial charge in [-0.3, -0.25) is 0 Å². The fourth-order valence-electron chi connectivity index (χ4n) is 4.22. The monoisotopic (exact) mass is 452 g/mol. The molecule has 1 atom stereocenters. The van der Waals surface area contributed by atoms with Gasteiger partial charge in [-0.1, -0.05) is 36.4 Å². The number of hydrogen-bond donors (Lipinski definition) is 1. The molecule has 8 nitrogen and oxygen atoms in total. The molecular formula is C26H20N4O4. The van der Waals surface area contributed by atoms with Gasteiger partial charge in [-0.15, -0.1) is 5.10 Å². The number of benzene rings is 3. The van der Waals surface area contributed by atoms with Crippen molar-refractivity contribution in [1.82, 2.24) is 19.6 Å². The summed E-state index contributed by atoms with van der Waals surface area (Å²) in [5.41, 5.74) is 3.34. The average molecular weight is 452 g/mol. The van der Waals surface area contributed by atoms with Crippen LogP contribution < -0.4 is 14.2 Å². The molecule has 0 saturated heterocycles. The summed E-state index contributed by atoms with van der Waals surface area (Å²) in [5, 5.41) is 14.6. The van der Waals surface area contributed by atoms with Gasteiger partial charge in [-0.2, -0.15) is 0 Å². The molecule has 0 radical (unpaired) electrons. The highest BCUT2D eigenvalue weighted by Gasteiger charge is 2.33. The minimum Gasteiger partial charge on any atom is -0.508 e. The Balaban J connectivity index is 1.47. The van der Waals surface area contributed by atoms with Crippen LogP contribution in [0.2, 0.25) is 0 Å². The summed E-state index contributed by atoms with van der Waals surface area (Å²) in [6.07, 6.45) is 1.58. The molecule has 0 fully saturated rings. The SMILES string of the molecule is COc1ccc([C@@H]2c3ccc(O)cc3Oc3ncn4nc(COc5ccccc5)nc4c32)cc1. The molecule has 6 rings (SSSR count). The molecule has 5 aromatic rings. The smallest absolute Gasteiger partial charge is 0.228 e. The van der Waals surface area contributed by atoms with E-state index in [9.17, 15) is 5.11 Å². The minimum absolute atomic E-state index is 0.125. The maximum atomic E-state index is 10.0. The van der Waals surface area contributed by atoms with Crippen LogP contribution in [0.5, 0.6) is 28.9 Å². The van der Waals surface area contributed by atoms with Gasteiger partial charge in [-0.25, -0.2) is 14.5 Å². The summed E-state index contributed by atoms with van der Waals surface area (Å²) in [6.45, 7) is 0.221. The van der Waals surface area contributed by atoms with Crippen molar-refractivity contribution in [2.24, 2.45) is 0 Å². The van der Waals surface area contributed by atoms with Crippen LogP contribution in [-0.4, -0.2) is 31.8 Å². The predicted octanol–water partition coefficient (Wildman–Crippen LogP) is 4.70. The van der Waals surface area contributed by atoms with Crippen molar-refractivity contribution in [2.75, 3.05) is 7.11 Å². The molecule has 1 aliphatic rings. The number of aromatic nitrogens is 4. The van der Waals surface area contributed by atoms with E-state index in [0.29, 0.717) is 23.1 Å². The Morgan fingerprint density at radius 2 is 1.82 bits per heavy atom. The second-order valence-electron chi connectivity index (χ2n) is 7.89. The number of aromatic hydroxyl groups is 1. The number of para-hydroxylation sites is 1. The highest BCUT2D eigenvalue weighted by Crippen LogP contribution is 2.48. The van der Waals surface area contributed by atoms with Crippen molar-refractivity contribution in [3.05, 3.63) is 102 Å². The Bertz CT molecular complexity index is 1480. The molecule has 0 unspecified atom stereocenters. The third-order valence-corrected chi connectivity index (χ3v) is 5.79. The molecule has 0 bridgehead atoms. The van der Waals surface area contributed by atoms with Gasteiger partial charge in [-0.05, 0) is 35.9 Å². The zero-order valence-corrected chi connectivity index (χ0v) is 18.3. The van der Waals surface area contributed by atoms with Crippen molar-refractivity contribution in [3.63, 3.8) is 0 Å². The lowest BCUT2D eigenvalue weighted by atomic mass is 9.84. The van der Waals surface area contributed by atoms with E-state index in [1.165, 1.54) is 0 Å². The molecule has 0 aliphatic carbocycles. The van der Waals surface area contributed by atoms with Crippen molar-refractivity contribution in [3.8, 4) is 28.9 Å². The number of ether oxygens (including phenoxy) is 3. The van der Waals surface area contributed by atoms with Crippen LogP contribution in [0.4, 0.5) is 0 Å². The van der Waals surface area contributed by atoms with Crippen molar-refractivity contribution >= 4 is 5.65 Å². The molecule has 3 aromatic carbocycles. The standard InChI is InChI=1S/C26H20N4O4/c1-32-18-10-7-16(8-11-18)23-20-12-9-17(31)13-21(20)34-26-24(23)25-28-22(29-30(25)15-27-26)14-33-19-5-3-2-4-6-19/h2-13,15,23,31H,14H2,1H3/t23-/m1/s1. The van der Waals surface area contributed by atoms with Gasteiger partial charge in [0.1, 0.15) is 35.9 Å². The Morgan fingerprint density at radius 3 is 2.62 bits per heavy atom. The predicted molar refractivity (Wildman–Crippen MR) is 124 cm³/mol. The first kappa shape index (κ1) is 20.0. The lowest BCUT2D eigenvalue weighted by molar-refractivity contribution is 0.296. The Morgan fingerprint density at radius 1 is 1.00 bits per heavy atom. The van der Waals surface area contributed by atoms with Crippen LogP contribution in [0.15, 0.2) is 79.1 Å². The van der Waals surface area contributed by atoms with E-state index in [2.05, 4.69) is 10.1 Å². The Hall–Kier alpha value is -4.59. The van der Waals surface area contributed by atoms with Gasteiger partial charge in [0.05, 0.1) is 12.7 Å². The fourth-order valence-corrected chi connectivity index (χ4v) is 4.22. The number of phenols is 1. The van der Waals surface area contributed by atoms with Crippen molar-refractivity contribution in [1.29, 1.82) is 0 Å². The first-order chi connectivity index (χ1) is 16.7. The van der Waals surface area contributed by atoms with Gasteiger partial charge in [0.15, 0.2) is 11.5 Å². The summed E-state index contributed by atoms with van der Waals surface area (Å²) in [5.74, 6) is 2.92. The summed E-state index contributed by atoms with van der Waals surface area (Å²) < 4.78 is 18.9. The topological polar surface area (TPSA) is 91.0 Å². The van der Waals surface area contributed by atoms with E-state index in [-0.39, 0.29) is 18.3 Å². The summed E-state index contributed by atoms with van der Waals surface area (Å²) >= 11 is 0. The molecule has 3 heterocycles. The highest BCUT2D eigenvalue weighted by atomic mass is 16.5. The first-order valence-corrected chi connectivity index (χ1v) is 10.8. The summed E-state index contributed by atoms with van der Waals surface area (Å²) in [7, 11) is 1.64. The lowest BCUT2D eigenvalue weighted by Crippen LogP contribution is -2.15. The number of methoxy groups -OCH3 is 1. The molecule has 2 aromatic heterocycles. The number of nitrogens with zero attached hydrogens (tertiary/aromatic N) is 4. The van der Waals surface area contributed by atoms with Crippen LogP contribution in [0.3, 0.4) is 0 Å². The van der Waals surface area contributed by atoms with E-state index in [0.717, 1.165) is 28.2 Å². The molecule has 34 heavy (non-hydrogen) atoms. The lowest BCUT2D eigenvalue weighted by Gasteiger charge is -2.28. The van der Waals surface area contributed by atoms with Crippen LogP contribution in [0.1, 0.15) is 28.4 Å². The highest BCUT2D eigenvalue weighted by molar-refractivity contribution is 5.66. The molecule has 8 heteroatoms. The number of phenolic OH excluding ortho intramolecular Hbond substituents is 1. The van der Waals surface area contributed by atoms with E-state index in [1.807, 2.05) is 60.7 Å². The normalized spacial score (nSPS) is 14.2. The molecule has 0 saturated carbocycles. The third-order valence-electron chi connectivity index (χ3n) is 5.79. The van der Waals surface area contributed by atoms with Crippen LogP contribution >= 0.6 is 0 Å². The van der Waals surface area contributed by atoms with E-state index in [4.69, 9.17) is 19.2 Å². The Kier molecular flexibility index (Phi) is 4.76. The van der Waals surface area contributed by atoms with Crippen LogP contribution in [-0.2, 0) is 6.61 Å². The largest absolute Gasteiger partial charge is 0.508 e. The minimum atomic E-state index is -0.228. The molecule has 1 N–H and O–H groups in total. The summed E-state index contributed by atoms with van der Waals surface area (Å²) in [4.78, 5) is 9.28. The van der Waals surface area contributed by atoms with Crippen LogP contribution in [0.25, 0.3) is 5.65 Å². The first-order valence-electron chi connectivity index (χ1n) is 10.8. The van der Waals surface area contributed by atoms with Gasteiger partial charge in [0.2, 0.25) is 5.88 Å². The summed E-state index contributed by atoms with van der Waals surface area (Å²) in [6, 6.07) is 22.5. The number of hydrogen-bond acceptors (Lipinski definition) is 7. The van der Waals surface area contributed by atoms with Crippen molar-refractivity contribution < 1.29 is 19.3 Å². The molecule has 0 spiro atoms. The maximum Gasteiger partial charge on any atom is 0.228 e. The van der Waals surface area contributed by atoms with Gasteiger partial charge in [0.25, 0.3) is 0 Å². The zero-order chi connectivity index (χ0) is 23.1. The van der Waals surface area contributed by atoms with E-state index < -0.39 is 0 Å². The maximum absolute atomic E-state index is 10.0. The van der Waals surface area contributed by atoms with Crippen LogP contribution in [0, 0.1) is 0 Å². The second kappa shape index (κ2) is 8.08. The van der Waals surface area contributed by atoms with E-state index in [1.54, 1.807) is 30.1 Å². The third kappa shape index (κ3) is 3.45.